The van der Waals surface area contributed by atoms with Crippen LogP contribution in [0.2, 0.25) is 0 Å². The molecule has 0 radical (unpaired) electrons. The quantitative estimate of drug-likeness (QED) is 0.0500. The van der Waals surface area contributed by atoms with E-state index in [1.165, 1.54) is 0 Å². The van der Waals surface area contributed by atoms with Crippen LogP contribution in [0.15, 0.2) is 36.5 Å². The fourth-order valence-electron chi connectivity index (χ4n) is 5.74. The van der Waals surface area contributed by atoms with Crippen LogP contribution in [-0.2, 0) is 23.7 Å². The molecule has 0 saturated carbocycles. The number of aliphatic hydroxyl groups excluding tert-OH is 8. The molecule has 0 aromatic heterocycles. The number of carbonyl (C=O) groups is 1. The molecular formula is C36H63NO13. The van der Waals surface area contributed by atoms with Crippen molar-refractivity contribution >= 4 is 5.91 Å². The third kappa shape index (κ3) is 15.1. The number of allylic oxidation sites excluding steroid dienone is 5. The molecule has 0 bridgehead atoms. The molecule has 2 heterocycles. The second-order valence-electron chi connectivity index (χ2n) is 13.0. The van der Waals surface area contributed by atoms with Gasteiger partial charge in [-0.2, -0.15) is 0 Å². The van der Waals surface area contributed by atoms with Crippen LogP contribution < -0.4 is 5.32 Å². The monoisotopic (exact) mass is 717 g/mol. The zero-order valence-corrected chi connectivity index (χ0v) is 29.6. The van der Waals surface area contributed by atoms with E-state index < -0.39 is 86.8 Å². The maximum absolute atomic E-state index is 12.8. The Morgan fingerprint density at radius 3 is 1.94 bits per heavy atom. The molecule has 0 aromatic carbocycles. The van der Waals surface area contributed by atoms with Crippen molar-refractivity contribution in [2.75, 3.05) is 19.8 Å². The van der Waals surface area contributed by atoms with Crippen LogP contribution in [0.5, 0.6) is 0 Å². The fourth-order valence-corrected chi connectivity index (χ4v) is 5.74. The van der Waals surface area contributed by atoms with Gasteiger partial charge in [0, 0.05) is 6.42 Å². The van der Waals surface area contributed by atoms with Crippen molar-refractivity contribution in [3.05, 3.63) is 36.5 Å². The molecule has 1 amide bonds. The van der Waals surface area contributed by atoms with E-state index in [9.17, 15) is 45.6 Å². The minimum absolute atomic E-state index is 0.266. The van der Waals surface area contributed by atoms with Crippen LogP contribution >= 0.6 is 0 Å². The summed E-state index contributed by atoms with van der Waals surface area (Å²) < 4.78 is 22.4. The second-order valence-corrected chi connectivity index (χ2v) is 13.0. The maximum Gasteiger partial charge on any atom is 0.220 e. The van der Waals surface area contributed by atoms with Gasteiger partial charge in [0.2, 0.25) is 5.91 Å². The summed E-state index contributed by atoms with van der Waals surface area (Å²) in [5.41, 5.74) is 0. The summed E-state index contributed by atoms with van der Waals surface area (Å²) in [6.45, 7) is 2.49. The molecule has 12 unspecified atom stereocenters. The lowest BCUT2D eigenvalue weighted by Crippen LogP contribution is -2.65. The Labute approximate surface area is 296 Å². The van der Waals surface area contributed by atoms with E-state index in [0.29, 0.717) is 12.8 Å². The summed E-state index contributed by atoms with van der Waals surface area (Å²) in [5.74, 6) is -0.270. The van der Waals surface area contributed by atoms with Gasteiger partial charge in [-0.3, -0.25) is 4.79 Å². The van der Waals surface area contributed by atoms with Gasteiger partial charge in [0.15, 0.2) is 12.6 Å². The second kappa shape index (κ2) is 25.2. The van der Waals surface area contributed by atoms with Gasteiger partial charge in [-0.25, -0.2) is 0 Å². The Morgan fingerprint density at radius 1 is 0.720 bits per heavy atom. The lowest BCUT2D eigenvalue weighted by molar-refractivity contribution is -0.359. The van der Waals surface area contributed by atoms with E-state index >= 15 is 0 Å². The van der Waals surface area contributed by atoms with Crippen molar-refractivity contribution in [1.82, 2.24) is 5.32 Å². The predicted molar refractivity (Wildman–Crippen MR) is 184 cm³/mol. The number of hydrogen-bond donors (Lipinski definition) is 9. The van der Waals surface area contributed by atoms with Crippen LogP contribution in [0.1, 0.15) is 90.9 Å². The maximum atomic E-state index is 12.8. The summed E-state index contributed by atoms with van der Waals surface area (Å²) in [6.07, 6.45) is 5.53. The minimum Gasteiger partial charge on any atom is -0.394 e. The van der Waals surface area contributed by atoms with Crippen LogP contribution in [0.3, 0.4) is 0 Å². The summed E-state index contributed by atoms with van der Waals surface area (Å²) in [6, 6.07) is -0.927. The van der Waals surface area contributed by atoms with E-state index in [-0.39, 0.29) is 18.9 Å². The van der Waals surface area contributed by atoms with E-state index in [0.717, 1.165) is 57.8 Å². The van der Waals surface area contributed by atoms with E-state index in [1.54, 1.807) is 6.08 Å². The molecule has 2 aliphatic rings. The first kappa shape index (κ1) is 44.4. The highest BCUT2D eigenvalue weighted by molar-refractivity contribution is 5.76. The first-order valence-electron chi connectivity index (χ1n) is 18.2. The van der Waals surface area contributed by atoms with Crippen LogP contribution in [0.4, 0.5) is 0 Å². The lowest BCUT2D eigenvalue weighted by Gasteiger charge is -2.46. The highest BCUT2D eigenvalue weighted by Gasteiger charge is 2.50. The standard InChI is InChI=1S/C36H63NO13/c1-3-5-7-9-11-12-13-14-15-17-19-25(40)24(37-28(41)20-18-16-10-8-6-4-2)23-47-35-33(46)31(44)34(27(22-39)49-35)50-36-32(45)30(43)29(42)26(21-38)48-36/h5,7,12-13,17,19,24-27,29-36,38-40,42-46H,3-4,6,8-11,14-16,18,20-23H2,1-2H3,(H,37,41)/b7-5+,13-12+,19-17+. The molecule has 50 heavy (non-hydrogen) atoms. The van der Waals surface area contributed by atoms with Crippen molar-refractivity contribution in [1.29, 1.82) is 0 Å². The fraction of sp³-hybridized carbons (Fsp3) is 0.806. The summed E-state index contributed by atoms with van der Waals surface area (Å²) >= 11 is 0. The Hall–Kier alpha value is -1.79. The van der Waals surface area contributed by atoms with Gasteiger partial charge in [-0.1, -0.05) is 82.4 Å². The van der Waals surface area contributed by atoms with Crippen LogP contribution in [-0.4, -0.2) is 140 Å². The first-order chi connectivity index (χ1) is 24.1. The Balaban J connectivity index is 2.02. The van der Waals surface area contributed by atoms with Crippen molar-refractivity contribution in [2.24, 2.45) is 0 Å². The number of carbonyl (C=O) groups excluding carboxylic acids is 1. The van der Waals surface area contributed by atoms with Gasteiger partial charge >= 0.3 is 0 Å². The number of hydrogen-bond acceptors (Lipinski definition) is 13. The van der Waals surface area contributed by atoms with Crippen LogP contribution in [0.25, 0.3) is 0 Å². The molecule has 14 nitrogen and oxygen atoms in total. The molecule has 2 aliphatic heterocycles. The average molecular weight is 718 g/mol. The van der Waals surface area contributed by atoms with Crippen molar-refractivity contribution < 1.29 is 64.6 Å². The molecule has 290 valence electrons. The molecular weight excluding hydrogens is 654 g/mol. The summed E-state index contributed by atoms with van der Waals surface area (Å²) in [4.78, 5) is 12.8. The Morgan fingerprint density at radius 2 is 1.30 bits per heavy atom. The highest BCUT2D eigenvalue weighted by atomic mass is 16.7. The van der Waals surface area contributed by atoms with Gasteiger partial charge in [0.25, 0.3) is 0 Å². The molecule has 12 atom stereocenters. The number of nitrogens with one attached hydrogen (secondary N) is 1. The van der Waals surface area contributed by atoms with Crippen molar-refractivity contribution in [3.8, 4) is 0 Å². The van der Waals surface area contributed by atoms with Crippen LogP contribution in [0, 0.1) is 0 Å². The number of unbranched alkanes of at least 4 members (excludes halogenated alkanes) is 7. The third-order valence-electron chi connectivity index (χ3n) is 8.82. The SMILES string of the molecule is CC/C=C/CC/C=C/CC/C=C/C(O)C(COC1OC(CO)C(OC2OC(CO)C(O)C(O)C2O)C(O)C1O)NC(=O)CCCCCCCC. The molecule has 0 aliphatic carbocycles. The zero-order valence-electron chi connectivity index (χ0n) is 29.6. The molecule has 14 heteroatoms. The molecule has 0 spiro atoms. The van der Waals surface area contributed by atoms with Gasteiger partial charge in [-0.05, 0) is 38.5 Å². The smallest absolute Gasteiger partial charge is 0.220 e. The largest absolute Gasteiger partial charge is 0.394 e. The third-order valence-corrected chi connectivity index (χ3v) is 8.82. The number of rotatable bonds is 24. The minimum atomic E-state index is -1.79. The van der Waals surface area contributed by atoms with Gasteiger partial charge in [0.05, 0.1) is 32.0 Å². The normalized spacial score (nSPS) is 31.9. The number of ether oxygens (including phenoxy) is 4. The Bertz CT molecular complexity index is 993. The van der Waals surface area contributed by atoms with E-state index in [1.807, 2.05) is 6.08 Å². The summed E-state index contributed by atoms with van der Waals surface area (Å²) in [5, 5.41) is 85.6. The first-order valence-corrected chi connectivity index (χ1v) is 18.2. The average Bonchev–Trinajstić information content (AvgIpc) is 3.11. The molecule has 2 fully saturated rings. The topological polar surface area (TPSA) is 228 Å². The van der Waals surface area contributed by atoms with E-state index in [2.05, 4.69) is 43.5 Å². The van der Waals surface area contributed by atoms with Gasteiger partial charge < -0.3 is 65.1 Å². The predicted octanol–water partition coefficient (Wildman–Crippen LogP) is 0.862. The molecule has 2 rings (SSSR count). The Kier molecular flexibility index (Phi) is 22.4. The lowest BCUT2D eigenvalue weighted by atomic mass is 9.97. The van der Waals surface area contributed by atoms with Gasteiger partial charge in [-0.15, -0.1) is 0 Å². The highest BCUT2D eigenvalue weighted by Crippen LogP contribution is 2.29. The molecule has 2 saturated heterocycles. The van der Waals surface area contributed by atoms with Crippen molar-refractivity contribution in [2.45, 2.75) is 164 Å². The molecule has 0 aromatic rings. The summed E-state index contributed by atoms with van der Waals surface area (Å²) in [7, 11) is 0. The molecule has 9 N–H and O–H groups in total. The van der Waals surface area contributed by atoms with E-state index in [4.69, 9.17) is 18.9 Å². The zero-order chi connectivity index (χ0) is 36.9. The van der Waals surface area contributed by atoms with Gasteiger partial charge in [0.1, 0.15) is 48.8 Å². The number of amides is 1. The number of aliphatic hydroxyl groups is 8. The van der Waals surface area contributed by atoms with Crippen molar-refractivity contribution in [3.63, 3.8) is 0 Å².